The second-order valence-corrected chi connectivity index (χ2v) is 5.40. The van der Waals surface area contributed by atoms with E-state index in [1.807, 2.05) is 0 Å². The summed E-state index contributed by atoms with van der Waals surface area (Å²) in [7, 11) is 0. The molecule has 0 aromatic carbocycles. The van der Waals surface area contributed by atoms with Gasteiger partial charge in [0.1, 0.15) is 6.61 Å². The first kappa shape index (κ1) is 15.8. The molecule has 108 valence electrons. The van der Waals surface area contributed by atoms with Crippen LogP contribution in [0.5, 0.6) is 0 Å². The predicted octanol–water partition coefficient (Wildman–Crippen LogP) is 3.79. The maximum Gasteiger partial charge on any atom is 0.411 e. The zero-order chi connectivity index (χ0) is 13.5. The topological polar surface area (TPSA) is 35.2 Å². The van der Waals surface area contributed by atoms with Crippen LogP contribution < -0.4 is 5.73 Å². The maximum absolute atomic E-state index is 11.9. The third kappa shape index (κ3) is 7.21. The van der Waals surface area contributed by atoms with E-state index in [2.05, 4.69) is 4.74 Å². The third-order valence-corrected chi connectivity index (χ3v) is 3.58. The second-order valence-electron chi connectivity index (χ2n) is 5.40. The van der Waals surface area contributed by atoms with Crippen molar-refractivity contribution in [2.24, 2.45) is 5.73 Å². The van der Waals surface area contributed by atoms with Gasteiger partial charge in [0.25, 0.3) is 0 Å². The molecule has 0 bridgehead atoms. The Hall–Kier alpha value is -0.290. The first-order chi connectivity index (χ1) is 8.41. The van der Waals surface area contributed by atoms with Crippen LogP contribution in [0.3, 0.4) is 0 Å². The molecule has 0 heterocycles. The first-order valence-corrected chi connectivity index (χ1v) is 6.85. The van der Waals surface area contributed by atoms with Crippen LogP contribution in [0.2, 0.25) is 0 Å². The standard InChI is InChI=1S/C13H24F3NO/c14-13(15,16)11-18-10-6-9-12(17)7-4-2-1-3-5-8-12/h1-11,17H2. The van der Waals surface area contributed by atoms with Crippen LogP contribution in [-0.2, 0) is 4.74 Å². The largest absolute Gasteiger partial charge is 0.411 e. The van der Waals surface area contributed by atoms with Crippen molar-refractivity contribution in [1.29, 1.82) is 0 Å². The quantitative estimate of drug-likeness (QED) is 0.769. The second kappa shape index (κ2) is 7.34. The Balaban J connectivity index is 2.15. The smallest absolute Gasteiger partial charge is 0.372 e. The van der Waals surface area contributed by atoms with E-state index in [-0.39, 0.29) is 12.1 Å². The average molecular weight is 267 g/mol. The number of alkyl halides is 3. The zero-order valence-electron chi connectivity index (χ0n) is 10.9. The Labute approximate surface area is 107 Å². The molecule has 0 radical (unpaired) electrons. The summed E-state index contributed by atoms with van der Waals surface area (Å²) < 4.78 is 40.2. The van der Waals surface area contributed by atoms with Crippen LogP contribution in [0.25, 0.3) is 0 Å². The minimum Gasteiger partial charge on any atom is -0.372 e. The molecule has 1 aliphatic carbocycles. The molecule has 2 nitrogen and oxygen atoms in total. The molecule has 1 saturated carbocycles. The van der Waals surface area contributed by atoms with E-state index >= 15 is 0 Å². The lowest BCUT2D eigenvalue weighted by molar-refractivity contribution is -0.174. The van der Waals surface area contributed by atoms with Crippen LogP contribution in [0, 0.1) is 0 Å². The lowest BCUT2D eigenvalue weighted by atomic mass is 9.81. The highest BCUT2D eigenvalue weighted by Crippen LogP contribution is 2.28. The Morgan fingerprint density at radius 3 is 2.11 bits per heavy atom. The van der Waals surface area contributed by atoms with Crippen molar-refractivity contribution in [2.75, 3.05) is 13.2 Å². The molecule has 18 heavy (non-hydrogen) atoms. The molecule has 0 aliphatic heterocycles. The SMILES string of the molecule is NC1(CCCOCC(F)(F)F)CCCCCCC1. The molecule has 0 aromatic rings. The maximum atomic E-state index is 11.9. The summed E-state index contributed by atoms with van der Waals surface area (Å²) in [5.41, 5.74) is 6.14. The summed E-state index contributed by atoms with van der Waals surface area (Å²) in [5, 5.41) is 0. The van der Waals surface area contributed by atoms with E-state index in [1.165, 1.54) is 19.3 Å². The number of nitrogens with two attached hydrogens (primary N) is 1. The monoisotopic (exact) mass is 267 g/mol. The molecule has 1 aliphatic rings. The Morgan fingerprint density at radius 2 is 1.56 bits per heavy atom. The van der Waals surface area contributed by atoms with E-state index in [0.717, 1.165) is 32.1 Å². The van der Waals surface area contributed by atoms with Crippen molar-refractivity contribution in [3.05, 3.63) is 0 Å². The van der Waals surface area contributed by atoms with Gasteiger partial charge in [-0.2, -0.15) is 13.2 Å². The van der Waals surface area contributed by atoms with E-state index in [9.17, 15) is 13.2 Å². The van der Waals surface area contributed by atoms with Crippen LogP contribution in [0.4, 0.5) is 13.2 Å². The summed E-state index contributed by atoms with van der Waals surface area (Å²) in [4.78, 5) is 0. The minimum atomic E-state index is -4.22. The highest BCUT2D eigenvalue weighted by Gasteiger charge is 2.28. The van der Waals surface area contributed by atoms with Gasteiger partial charge in [-0.15, -0.1) is 0 Å². The molecule has 1 fully saturated rings. The van der Waals surface area contributed by atoms with Gasteiger partial charge in [-0.05, 0) is 25.7 Å². The summed E-state index contributed by atoms with van der Waals surface area (Å²) in [6.45, 7) is -0.997. The fourth-order valence-electron chi connectivity index (χ4n) is 2.57. The van der Waals surface area contributed by atoms with Crippen molar-refractivity contribution >= 4 is 0 Å². The molecule has 0 aromatic heterocycles. The molecule has 0 amide bonds. The van der Waals surface area contributed by atoms with Gasteiger partial charge in [0.2, 0.25) is 0 Å². The van der Waals surface area contributed by atoms with Crippen molar-refractivity contribution in [3.8, 4) is 0 Å². The molecule has 0 unspecified atom stereocenters. The minimum absolute atomic E-state index is 0.151. The molecule has 0 atom stereocenters. The molecule has 2 N–H and O–H groups in total. The van der Waals surface area contributed by atoms with Gasteiger partial charge in [-0.25, -0.2) is 0 Å². The van der Waals surface area contributed by atoms with Crippen LogP contribution in [0.15, 0.2) is 0 Å². The summed E-state index contributed by atoms with van der Waals surface area (Å²) in [6, 6.07) is 0. The van der Waals surface area contributed by atoms with Gasteiger partial charge in [-0.1, -0.05) is 32.1 Å². The fourth-order valence-corrected chi connectivity index (χ4v) is 2.57. The normalized spacial score (nSPS) is 21.3. The lowest BCUT2D eigenvalue weighted by Crippen LogP contribution is -2.40. The number of halogens is 3. The average Bonchev–Trinajstić information content (AvgIpc) is 2.22. The molecule has 5 heteroatoms. The summed E-state index contributed by atoms with van der Waals surface area (Å²) in [5.74, 6) is 0. The van der Waals surface area contributed by atoms with E-state index in [0.29, 0.717) is 6.42 Å². The Morgan fingerprint density at radius 1 is 1.00 bits per heavy atom. The van der Waals surface area contributed by atoms with Crippen LogP contribution >= 0.6 is 0 Å². The third-order valence-electron chi connectivity index (χ3n) is 3.58. The van der Waals surface area contributed by atoms with Crippen molar-refractivity contribution in [3.63, 3.8) is 0 Å². The number of hydrogen-bond donors (Lipinski definition) is 1. The van der Waals surface area contributed by atoms with Gasteiger partial charge >= 0.3 is 6.18 Å². The van der Waals surface area contributed by atoms with E-state index < -0.39 is 12.8 Å². The fraction of sp³-hybridized carbons (Fsp3) is 1.00. The Kier molecular flexibility index (Phi) is 6.43. The molecular formula is C13H24F3NO. The van der Waals surface area contributed by atoms with Crippen LogP contribution in [0.1, 0.15) is 57.8 Å². The summed E-state index contributed by atoms with van der Waals surface area (Å²) >= 11 is 0. The van der Waals surface area contributed by atoms with Gasteiger partial charge in [-0.3, -0.25) is 0 Å². The first-order valence-electron chi connectivity index (χ1n) is 6.85. The highest BCUT2D eigenvalue weighted by molar-refractivity contribution is 4.85. The molecule has 0 saturated heterocycles. The van der Waals surface area contributed by atoms with Crippen molar-refractivity contribution in [1.82, 2.24) is 0 Å². The van der Waals surface area contributed by atoms with Gasteiger partial charge in [0.05, 0.1) is 0 Å². The van der Waals surface area contributed by atoms with E-state index in [1.54, 1.807) is 0 Å². The van der Waals surface area contributed by atoms with Gasteiger partial charge in [0.15, 0.2) is 0 Å². The molecule has 1 rings (SSSR count). The van der Waals surface area contributed by atoms with Crippen LogP contribution in [-0.4, -0.2) is 24.9 Å². The summed E-state index contributed by atoms with van der Waals surface area (Å²) in [6.07, 6.45) is 5.16. The predicted molar refractivity (Wildman–Crippen MR) is 65.3 cm³/mol. The lowest BCUT2D eigenvalue weighted by Gasteiger charge is -2.31. The molecule has 0 spiro atoms. The zero-order valence-corrected chi connectivity index (χ0v) is 10.9. The number of ether oxygens (including phenoxy) is 1. The Bertz CT molecular complexity index is 223. The van der Waals surface area contributed by atoms with Gasteiger partial charge in [0, 0.05) is 12.1 Å². The number of hydrogen-bond acceptors (Lipinski definition) is 2. The molecular weight excluding hydrogens is 243 g/mol. The van der Waals surface area contributed by atoms with Gasteiger partial charge < -0.3 is 10.5 Å². The van der Waals surface area contributed by atoms with Crippen molar-refractivity contribution < 1.29 is 17.9 Å². The van der Waals surface area contributed by atoms with Crippen molar-refractivity contribution in [2.45, 2.75) is 69.5 Å². The van der Waals surface area contributed by atoms with E-state index in [4.69, 9.17) is 5.73 Å². The highest BCUT2D eigenvalue weighted by atomic mass is 19.4. The number of rotatable bonds is 5.